The number of rotatable bonds is 4. The Morgan fingerprint density at radius 3 is 2.81 bits per heavy atom. The molecule has 0 amide bonds. The smallest absolute Gasteiger partial charge is 0.305 e. The van der Waals surface area contributed by atoms with Crippen LogP contribution < -0.4 is 0 Å². The molecular formula is C12H16N2O2. The summed E-state index contributed by atoms with van der Waals surface area (Å²) in [6, 6.07) is 3.80. The van der Waals surface area contributed by atoms with E-state index in [-0.39, 0.29) is 12.5 Å². The molecule has 2 heterocycles. The number of carbonyl (C=O) groups is 1. The van der Waals surface area contributed by atoms with Gasteiger partial charge < -0.3 is 5.11 Å². The first-order chi connectivity index (χ1) is 7.77. The van der Waals surface area contributed by atoms with Gasteiger partial charge in [-0.15, -0.1) is 0 Å². The summed E-state index contributed by atoms with van der Waals surface area (Å²) >= 11 is 0. The zero-order valence-electron chi connectivity index (χ0n) is 9.17. The molecule has 2 rings (SSSR count). The van der Waals surface area contributed by atoms with E-state index < -0.39 is 5.97 Å². The highest BCUT2D eigenvalue weighted by Crippen LogP contribution is 2.27. The van der Waals surface area contributed by atoms with E-state index in [1.165, 1.54) is 0 Å². The van der Waals surface area contributed by atoms with Crippen LogP contribution in [0.4, 0.5) is 0 Å². The second kappa shape index (κ2) is 5.07. The van der Waals surface area contributed by atoms with Crippen LogP contribution in [-0.4, -0.2) is 34.0 Å². The maximum absolute atomic E-state index is 10.9. The summed E-state index contributed by atoms with van der Waals surface area (Å²) in [5.74, 6) is -0.749. The molecule has 4 nitrogen and oxygen atoms in total. The van der Waals surface area contributed by atoms with Crippen LogP contribution in [0.1, 0.15) is 30.9 Å². The molecule has 1 aromatic heterocycles. The highest BCUT2D eigenvalue weighted by atomic mass is 16.4. The van der Waals surface area contributed by atoms with E-state index in [1.807, 2.05) is 12.1 Å². The van der Waals surface area contributed by atoms with Crippen molar-refractivity contribution >= 4 is 5.97 Å². The minimum Gasteiger partial charge on any atom is -0.481 e. The number of aliphatic carboxylic acids is 1. The molecule has 0 aromatic carbocycles. The summed E-state index contributed by atoms with van der Waals surface area (Å²) in [6.45, 7) is 1.99. The van der Waals surface area contributed by atoms with Gasteiger partial charge in [-0.2, -0.15) is 0 Å². The molecule has 0 spiro atoms. The summed E-state index contributed by atoms with van der Waals surface area (Å²) in [5.41, 5.74) is 1.01. The predicted molar refractivity (Wildman–Crippen MR) is 60.0 cm³/mol. The summed E-state index contributed by atoms with van der Waals surface area (Å²) in [4.78, 5) is 17.2. The van der Waals surface area contributed by atoms with Crippen LogP contribution in [0.3, 0.4) is 0 Å². The highest BCUT2D eigenvalue weighted by molar-refractivity contribution is 5.67. The standard InChI is InChI=1S/C12H16N2O2/c15-12(16)8-11(14-6-1-2-7-14)10-4-3-5-13-9-10/h3-5,9,11H,1-2,6-8H2,(H,15,16)/t11-/m1/s1. The van der Waals surface area contributed by atoms with Crippen molar-refractivity contribution in [3.63, 3.8) is 0 Å². The topological polar surface area (TPSA) is 53.4 Å². The summed E-state index contributed by atoms with van der Waals surface area (Å²) in [7, 11) is 0. The lowest BCUT2D eigenvalue weighted by Crippen LogP contribution is -2.27. The SMILES string of the molecule is O=C(O)C[C@H](c1cccnc1)N1CCCC1. The van der Waals surface area contributed by atoms with Gasteiger partial charge in [0.05, 0.1) is 6.42 Å². The molecule has 1 fully saturated rings. The Balaban J connectivity index is 2.16. The first-order valence-electron chi connectivity index (χ1n) is 5.63. The van der Waals surface area contributed by atoms with Crippen LogP contribution >= 0.6 is 0 Å². The van der Waals surface area contributed by atoms with Gasteiger partial charge in [0.15, 0.2) is 0 Å². The van der Waals surface area contributed by atoms with Gasteiger partial charge in [-0.1, -0.05) is 6.07 Å². The number of hydrogen-bond acceptors (Lipinski definition) is 3. The van der Waals surface area contributed by atoms with E-state index in [0.29, 0.717) is 0 Å². The lowest BCUT2D eigenvalue weighted by molar-refractivity contribution is -0.138. The monoisotopic (exact) mass is 220 g/mol. The quantitative estimate of drug-likeness (QED) is 0.839. The molecule has 1 saturated heterocycles. The second-order valence-corrected chi connectivity index (χ2v) is 4.14. The number of carboxylic acids is 1. The van der Waals surface area contributed by atoms with Crippen LogP contribution in [-0.2, 0) is 4.79 Å². The molecule has 0 radical (unpaired) electrons. The van der Waals surface area contributed by atoms with Gasteiger partial charge in [-0.3, -0.25) is 14.7 Å². The third-order valence-electron chi connectivity index (χ3n) is 3.02. The molecule has 1 aliphatic heterocycles. The van der Waals surface area contributed by atoms with Crippen molar-refractivity contribution in [1.82, 2.24) is 9.88 Å². The Kier molecular flexibility index (Phi) is 3.51. The van der Waals surface area contributed by atoms with Crippen LogP contribution in [0.5, 0.6) is 0 Å². The number of nitrogens with zero attached hydrogens (tertiary/aromatic N) is 2. The molecule has 0 saturated carbocycles. The Labute approximate surface area is 94.9 Å². The summed E-state index contributed by atoms with van der Waals surface area (Å²) < 4.78 is 0. The Morgan fingerprint density at radius 2 is 2.25 bits per heavy atom. The molecule has 1 atom stereocenters. The molecule has 1 aliphatic rings. The maximum Gasteiger partial charge on any atom is 0.305 e. The minimum absolute atomic E-state index is 0.0197. The molecular weight excluding hydrogens is 204 g/mol. The van der Waals surface area contributed by atoms with Crippen molar-refractivity contribution in [2.24, 2.45) is 0 Å². The van der Waals surface area contributed by atoms with Gasteiger partial charge in [0, 0.05) is 18.4 Å². The summed E-state index contributed by atoms with van der Waals surface area (Å²) in [5, 5.41) is 8.96. The van der Waals surface area contributed by atoms with Crippen LogP contribution in [0, 0.1) is 0 Å². The first kappa shape index (κ1) is 11.1. The van der Waals surface area contributed by atoms with E-state index in [0.717, 1.165) is 31.5 Å². The maximum atomic E-state index is 10.9. The van der Waals surface area contributed by atoms with Gasteiger partial charge in [0.1, 0.15) is 0 Å². The van der Waals surface area contributed by atoms with Gasteiger partial charge in [-0.25, -0.2) is 0 Å². The Morgan fingerprint density at radius 1 is 1.50 bits per heavy atom. The van der Waals surface area contributed by atoms with Crippen LogP contribution in [0.15, 0.2) is 24.5 Å². The molecule has 0 aliphatic carbocycles. The number of carboxylic acid groups (broad SMARTS) is 1. The van der Waals surface area contributed by atoms with E-state index in [4.69, 9.17) is 5.11 Å². The van der Waals surface area contributed by atoms with Crippen molar-refractivity contribution in [2.75, 3.05) is 13.1 Å². The molecule has 1 aromatic rings. The Bertz CT molecular complexity index is 347. The number of pyridine rings is 1. The third kappa shape index (κ3) is 2.58. The normalized spacial score (nSPS) is 18.5. The average Bonchev–Trinajstić information content (AvgIpc) is 2.80. The third-order valence-corrected chi connectivity index (χ3v) is 3.02. The molecule has 86 valence electrons. The van der Waals surface area contributed by atoms with E-state index in [9.17, 15) is 4.79 Å². The number of hydrogen-bond donors (Lipinski definition) is 1. The number of likely N-dealkylation sites (tertiary alicyclic amines) is 1. The van der Waals surface area contributed by atoms with Crippen molar-refractivity contribution in [3.8, 4) is 0 Å². The van der Waals surface area contributed by atoms with E-state index in [1.54, 1.807) is 12.4 Å². The Hall–Kier alpha value is -1.42. The lowest BCUT2D eigenvalue weighted by atomic mass is 10.0. The van der Waals surface area contributed by atoms with E-state index in [2.05, 4.69) is 9.88 Å². The molecule has 0 bridgehead atoms. The van der Waals surface area contributed by atoms with Crippen molar-refractivity contribution < 1.29 is 9.90 Å². The van der Waals surface area contributed by atoms with Crippen molar-refractivity contribution in [1.29, 1.82) is 0 Å². The van der Waals surface area contributed by atoms with Gasteiger partial charge in [-0.05, 0) is 37.6 Å². The largest absolute Gasteiger partial charge is 0.481 e. The molecule has 16 heavy (non-hydrogen) atoms. The average molecular weight is 220 g/mol. The fourth-order valence-corrected chi connectivity index (χ4v) is 2.25. The first-order valence-corrected chi connectivity index (χ1v) is 5.63. The molecule has 4 heteroatoms. The summed E-state index contributed by atoms with van der Waals surface area (Å²) in [6.07, 6.45) is 5.97. The minimum atomic E-state index is -0.749. The number of aromatic nitrogens is 1. The van der Waals surface area contributed by atoms with Crippen LogP contribution in [0.25, 0.3) is 0 Å². The zero-order chi connectivity index (χ0) is 11.4. The van der Waals surface area contributed by atoms with Crippen molar-refractivity contribution in [3.05, 3.63) is 30.1 Å². The van der Waals surface area contributed by atoms with Gasteiger partial charge in [0.25, 0.3) is 0 Å². The van der Waals surface area contributed by atoms with E-state index >= 15 is 0 Å². The highest BCUT2D eigenvalue weighted by Gasteiger charge is 2.25. The lowest BCUT2D eigenvalue weighted by Gasteiger charge is -2.26. The second-order valence-electron chi connectivity index (χ2n) is 4.14. The van der Waals surface area contributed by atoms with Gasteiger partial charge >= 0.3 is 5.97 Å². The zero-order valence-corrected chi connectivity index (χ0v) is 9.17. The predicted octanol–water partition coefficient (Wildman–Crippen LogP) is 1.69. The molecule has 0 unspecified atom stereocenters. The van der Waals surface area contributed by atoms with Gasteiger partial charge in [0.2, 0.25) is 0 Å². The molecule has 1 N–H and O–H groups in total. The van der Waals surface area contributed by atoms with Crippen molar-refractivity contribution in [2.45, 2.75) is 25.3 Å². The fraction of sp³-hybridized carbons (Fsp3) is 0.500. The van der Waals surface area contributed by atoms with Crippen LogP contribution in [0.2, 0.25) is 0 Å². The fourth-order valence-electron chi connectivity index (χ4n) is 2.25.